The number of nitrogens with zero attached hydrogens (tertiary/aromatic N) is 2. The van der Waals surface area contributed by atoms with E-state index in [0.717, 1.165) is 12.6 Å². The highest BCUT2D eigenvalue weighted by molar-refractivity contribution is 7.89. The third-order valence-electron chi connectivity index (χ3n) is 3.43. The van der Waals surface area contributed by atoms with E-state index < -0.39 is 14.9 Å². The van der Waals surface area contributed by atoms with Crippen molar-refractivity contribution < 1.29 is 13.3 Å². The predicted octanol–water partition coefficient (Wildman–Crippen LogP) is 0.301. The van der Waals surface area contributed by atoms with Gasteiger partial charge < -0.3 is 10.2 Å². The quantitative estimate of drug-likeness (QED) is 0.612. The summed E-state index contributed by atoms with van der Waals surface area (Å²) in [5, 5.41) is 14.5. The number of sulfonamides is 1. The molecule has 9 heteroatoms. The number of anilines is 1. The van der Waals surface area contributed by atoms with Gasteiger partial charge in [-0.25, -0.2) is 13.1 Å². The normalized spacial score (nSPS) is 19.5. The van der Waals surface area contributed by atoms with E-state index in [1.165, 1.54) is 19.2 Å². The van der Waals surface area contributed by atoms with Crippen molar-refractivity contribution in [3.63, 3.8) is 0 Å². The monoisotopic (exact) mass is 314 g/mol. The Balaban J connectivity index is 2.45. The Morgan fingerprint density at radius 3 is 2.76 bits per heavy atom. The van der Waals surface area contributed by atoms with E-state index in [1.54, 1.807) is 0 Å². The van der Waals surface area contributed by atoms with Gasteiger partial charge in [0, 0.05) is 31.7 Å². The average molecular weight is 314 g/mol. The van der Waals surface area contributed by atoms with Crippen molar-refractivity contribution in [1.29, 1.82) is 0 Å². The molecular formula is C12H18N4O4S. The van der Waals surface area contributed by atoms with Gasteiger partial charge >= 0.3 is 0 Å². The zero-order valence-corrected chi connectivity index (χ0v) is 12.7. The van der Waals surface area contributed by atoms with E-state index in [2.05, 4.69) is 10.0 Å². The maximum absolute atomic E-state index is 11.8. The minimum Gasteiger partial charge on any atom is -0.363 e. The number of piperazine rings is 1. The molecule has 1 aromatic rings. The number of benzene rings is 1. The number of nitro benzene ring substituents is 1. The van der Waals surface area contributed by atoms with Crippen LogP contribution in [-0.4, -0.2) is 46.1 Å². The van der Waals surface area contributed by atoms with Crippen molar-refractivity contribution in [1.82, 2.24) is 10.0 Å². The lowest BCUT2D eigenvalue weighted by Gasteiger charge is -2.33. The highest BCUT2D eigenvalue weighted by Crippen LogP contribution is 2.31. The summed E-state index contributed by atoms with van der Waals surface area (Å²) in [7, 11) is -2.43. The average Bonchev–Trinajstić information content (AvgIpc) is 2.46. The van der Waals surface area contributed by atoms with Gasteiger partial charge in [-0.1, -0.05) is 0 Å². The van der Waals surface area contributed by atoms with Crippen molar-refractivity contribution >= 4 is 21.4 Å². The number of rotatable bonds is 4. The van der Waals surface area contributed by atoms with E-state index in [1.807, 2.05) is 11.8 Å². The van der Waals surface area contributed by atoms with Gasteiger partial charge in [-0.15, -0.1) is 0 Å². The topological polar surface area (TPSA) is 105 Å². The van der Waals surface area contributed by atoms with Crippen molar-refractivity contribution in [2.75, 3.05) is 31.6 Å². The standard InChI is InChI=1S/C12H18N4O4S/c1-9-8-15(6-5-14-9)11-4-3-10(21(19,20)13-2)7-12(11)16(17)18/h3-4,7,9,13-14H,5-6,8H2,1-2H3/t9-/m1/s1. The lowest BCUT2D eigenvalue weighted by atomic mass is 10.2. The van der Waals surface area contributed by atoms with Crippen LogP contribution in [0.1, 0.15) is 6.92 Å². The maximum atomic E-state index is 11.8. The van der Waals surface area contributed by atoms with Gasteiger partial charge in [0.05, 0.1) is 9.82 Å². The molecule has 0 aliphatic carbocycles. The molecule has 1 atom stereocenters. The molecule has 116 valence electrons. The van der Waals surface area contributed by atoms with Gasteiger partial charge in [-0.2, -0.15) is 0 Å². The van der Waals surface area contributed by atoms with E-state index in [9.17, 15) is 18.5 Å². The van der Waals surface area contributed by atoms with Gasteiger partial charge in [-0.05, 0) is 26.1 Å². The molecule has 0 aromatic heterocycles. The Bertz CT molecular complexity index is 647. The van der Waals surface area contributed by atoms with Crippen LogP contribution < -0.4 is 14.9 Å². The van der Waals surface area contributed by atoms with E-state index in [-0.39, 0.29) is 16.6 Å². The van der Waals surface area contributed by atoms with Crippen molar-refractivity contribution in [2.45, 2.75) is 17.9 Å². The molecule has 8 nitrogen and oxygen atoms in total. The molecule has 0 amide bonds. The van der Waals surface area contributed by atoms with Crippen LogP contribution in [0.5, 0.6) is 0 Å². The molecule has 2 rings (SSSR count). The van der Waals surface area contributed by atoms with Crippen LogP contribution in [0.25, 0.3) is 0 Å². The first-order valence-corrected chi connectivity index (χ1v) is 8.04. The van der Waals surface area contributed by atoms with Crippen LogP contribution in [-0.2, 0) is 10.0 Å². The lowest BCUT2D eigenvalue weighted by molar-refractivity contribution is -0.384. The van der Waals surface area contributed by atoms with Crippen molar-refractivity contribution in [3.8, 4) is 0 Å². The molecule has 1 fully saturated rings. The Morgan fingerprint density at radius 2 is 2.19 bits per heavy atom. The number of nitrogens with one attached hydrogen (secondary N) is 2. The van der Waals surface area contributed by atoms with Gasteiger partial charge in [0.15, 0.2) is 0 Å². The third-order valence-corrected chi connectivity index (χ3v) is 4.84. The molecule has 1 saturated heterocycles. The fourth-order valence-electron chi connectivity index (χ4n) is 2.35. The van der Waals surface area contributed by atoms with Crippen molar-refractivity contribution in [3.05, 3.63) is 28.3 Å². The van der Waals surface area contributed by atoms with E-state index in [0.29, 0.717) is 18.8 Å². The SMILES string of the molecule is CNS(=O)(=O)c1ccc(N2CCN[C@H](C)C2)c([N+](=O)[O-])c1. The summed E-state index contributed by atoms with van der Waals surface area (Å²) in [6.45, 7) is 4.01. The van der Waals surface area contributed by atoms with Crippen molar-refractivity contribution in [2.24, 2.45) is 0 Å². The fraction of sp³-hybridized carbons (Fsp3) is 0.500. The predicted molar refractivity (Wildman–Crippen MR) is 79.0 cm³/mol. The molecule has 1 aliphatic rings. The summed E-state index contributed by atoms with van der Waals surface area (Å²) < 4.78 is 25.7. The summed E-state index contributed by atoms with van der Waals surface area (Å²) in [6.07, 6.45) is 0. The van der Waals surface area contributed by atoms with Gasteiger partial charge in [0.1, 0.15) is 5.69 Å². The number of nitro groups is 1. The molecule has 0 spiro atoms. The molecule has 1 aliphatic heterocycles. The molecule has 0 unspecified atom stereocenters. The van der Waals surface area contributed by atoms with Crippen LogP contribution in [0.2, 0.25) is 0 Å². The first-order chi connectivity index (χ1) is 9.85. The zero-order chi connectivity index (χ0) is 15.6. The second-order valence-electron chi connectivity index (χ2n) is 4.92. The maximum Gasteiger partial charge on any atom is 0.293 e. The van der Waals surface area contributed by atoms with E-state index in [4.69, 9.17) is 0 Å². The largest absolute Gasteiger partial charge is 0.363 e. The Morgan fingerprint density at radius 1 is 1.48 bits per heavy atom. The summed E-state index contributed by atoms with van der Waals surface area (Å²) in [4.78, 5) is 12.5. The molecule has 0 saturated carbocycles. The van der Waals surface area contributed by atoms with Gasteiger partial charge in [0.25, 0.3) is 5.69 Å². The zero-order valence-electron chi connectivity index (χ0n) is 11.9. The third kappa shape index (κ3) is 3.31. The van der Waals surface area contributed by atoms with Crippen LogP contribution in [0.3, 0.4) is 0 Å². The second-order valence-corrected chi connectivity index (χ2v) is 6.80. The molecule has 1 aromatic carbocycles. The molecule has 0 bridgehead atoms. The molecule has 0 radical (unpaired) electrons. The molecule has 2 N–H and O–H groups in total. The summed E-state index contributed by atoms with van der Waals surface area (Å²) >= 11 is 0. The minimum atomic E-state index is -3.70. The summed E-state index contributed by atoms with van der Waals surface area (Å²) in [5.74, 6) is 0. The number of hydrogen-bond donors (Lipinski definition) is 2. The van der Waals surface area contributed by atoms with Crippen LogP contribution in [0, 0.1) is 10.1 Å². The number of hydrogen-bond acceptors (Lipinski definition) is 6. The molecular weight excluding hydrogens is 296 g/mol. The summed E-state index contributed by atoms with van der Waals surface area (Å²) in [5.41, 5.74) is 0.254. The van der Waals surface area contributed by atoms with Gasteiger partial charge in [-0.3, -0.25) is 10.1 Å². The smallest absolute Gasteiger partial charge is 0.293 e. The second kappa shape index (κ2) is 5.96. The highest BCUT2D eigenvalue weighted by Gasteiger charge is 2.26. The first-order valence-electron chi connectivity index (χ1n) is 6.55. The van der Waals surface area contributed by atoms with Gasteiger partial charge in [0.2, 0.25) is 10.0 Å². The molecule has 21 heavy (non-hydrogen) atoms. The Kier molecular flexibility index (Phi) is 4.45. The minimum absolute atomic E-state index is 0.108. The first kappa shape index (κ1) is 15.7. The highest BCUT2D eigenvalue weighted by atomic mass is 32.2. The van der Waals surface area contributed by atoms with Crippen LogP contribution in [0.15, 0.2) is 23.1 Å². The Labute approximate surface area is 123 Å². The summed E-state index contributed by atoms with van der Waals surface area (Å²) in [6, 6.07) is 4.22. The molecule has 1 heterocycles. The van der Waals surface area contributed by atoms with E-state index >= 15 is 0 Å². The lowest BCUT2D eigenvalue weighted by Crippen LogP contribution is -2.49. The Hall–Kier alpha value is -1.71. The van der Waals surface area contributed by atoms with Crippen LogP contribution >= 0.6 is 0 Å². The van der Waals surface area contributed by atoms with Crippen LogP contribution in [0.4, 0.5) is 11.4 Å². The fourth-order valence-corrected chi connectivity index (χ4v) is 3.10.